The van der Waals surface area contributed by atoms with Gasteiger partial charge in [0.05, 0.1) is 18.4 Å². The molecular formula is C15H17Cl2N5O. The fourth-order valence-electron chi connectivity index (χ4n) is 2.60. The fraction of sp³-hybridized carbons (Fsp3) is 0.400. The lowest BCUT2D eigenvalue weighted by Gasteiger charge is -2.25. The summed E-state index contributed by atoms with van der Waals surface area (Å²) in [6.07, 6.45) is 6.68. The number of nitrogens with one attached hydrogen (secondary N) is 1. The maximum atomic E-state index is 12.1. The predicted octanol–water partition coefficient (Wildman–Crippen LogP) is 3.00. The van der Waals surface area contributed by atoms with Crippen LogP contribution < -0.4 is 5.32 Å². The van der Waals surface area contributed by atoms with Crippen molar-refractivity contribution in [1.29, 1.82) is 0 Å². The zero-order valence-corrected chi connectivity index (χ0v) is 14.0. The number of halogens is 2. The molecule has 122 valence electrons. The third-order valence-corrected chi connectivity index (χ3v) is 4.50. The number of anilines is 1. The maximum absolute atomic E-state index is 12.1. The van der Waals surface area contributed by atoms with E-state index in [1.807, 2.05) is 0 Å². The number of rotatable bonds is 4. The lowest BCUT2D eigenvalue weighted by atomic mass is 10.1. The highest BCUT2D eigenvalue weighted by Crippen LogP contribution is 2.23. The van der Waals surface area contributed by atoms with Crippen LogP contribution in [0.2, 0.25) is 10.3 Å². The Bertz CT molecular complexity index is 680. The van der Waals surface area contributed by atoms with E-state index in [0.29, 0.717) is 23.2 Å². The molecule has 1 saturated heterocycles. The van der Waals surface area contributed by atoms with Crippen LogP contribution in [0.25, 0.3) is 5.82 Å². The number of imidazole rings is 1. The minimum absolute atomic E-state index is 0.0230. The molecule has 1 amide bonds. The van der Waals surface area contributed by atoms with Crippen molar-refractivity contribution in [3.05, 3.63) is 35.0 Å². The summed E-state index contributed by atoms with van der Waals surface area (Å²) in [5, 5.41) is 3.40. The van der Waals surface area contributed by atoms with Gasteiger partial charge in [-0.15, -0.1) is 0 Å². The van der Waals surface area contributed by atoms with Crippen molar-refractivity contribution in [1.82, 2.24) is 19.4 Å². The molecule has 0 radical (unpaired) electrons. The second-order valence-electron chi connectivity index (χ2n) is 5.49. The average molecular weight is 354 g/mol. The van der Waals surface area contributed by atoms with Crippen LogP contribution in [0.5, 0.6) is 0 Å². The van der Waals surface area contributed by atoms with Crippen LogP contribution >= 0.6 is 23.2 Å². The summed E-state index contributed by atoms with van der Waals surface area (Å²) in [5.41, 5.74) is 0.651. The van der Waals surface area contributed by atoms with Crippen molar-refractivity contribution in [2.24, 2.45) is 0 Å². The molecule has 0 saturated carbocycles. The first kappa shape index (κ1) is 16.2. The molecule has 0 spiro atoms. The number of carbonyl (C=O) groups is 1. The van der Waals surface area contributed by atoms with Crippen LogP contribution in [0.1, 0.15) is 19.3 Å². The molecule has 1 aliphatic heterocycles. The molecule has 0 aliphatic carbocycles. The van der Waals surface area contributed by atoms with Gasteiger partial charge >= 0.3 is 0 Å². The molecule has 0 bridgehead atoms. The molecule has 0 unspecified atom stereocenters. The minimum atomic E-state index is -0.0230. The topological polar surface area (TPSA) is 63.1 Å². The molecule has 3 heterocycles. The first-order chi connectivity index (χ1) is 11.1. The lowest BCUT2D eigenvalue weighted by Crippen LogP contribution is -2.36. The number of hydrogen-bond donors (Lipinski definition) is 1. The number of amides is 1. The number of likely N-dealkylation sites (tertiary alicyclic amines) is 1. The summed E-state index contributed by atoms with van der Waals surface area (Å²) in [5.74, 6) is 0.564. The Kier molecular flexibility index (Phi) is 5.15. The average Bonchev–Trinajstić information content (AvgIpc) is 2.89. The molecule has 0 aromatic carbocycles. The summed E-state index contributed by atoms with van der Waals surface area (Å²) in [4.78, 5) is 22.4. The number of piperidine rings is 1. The Labute approximate surface area is 144 Å². The van der Waals surface area contributed by atoms with Gasteiger partial charge in [-0.05, 0) is 38.1 Å². The quantitative estimate of drug-likeness (QED) is 0.917. The Morgan fingerprint density at radius 3 is 2.57 bits per heavy atom. The van der Waals surface area contributed by atoms with Gasteiger partial charge < -0.3 is 5.32 Å². The molecule has 2 aromatic rings. The van der Waals surface area contributed by atoms with E-state index in [-0.39, 0.29) is 11.1 Å². The standard InChI is InChI=1S/C15H17Cl2N5O/c16-14-15(17)22(10-19-14)12-5-4-11(8-18-12)20-13(23)9-21-6-2-1-3-7-21/h4-5,8,10H,1-3,6-7,9H2,(H,20,23). The summed E-state index contributed by atoms with van der Waals surface area (Å²) >= 11 is 11.8. The molecule has 8 heteroatoms. The van der Waals surface area contributed by atoms with E-state index < -0.39 is 0 Å². The van der Waals surface area contributed by atoms with Gasteiger partial charge in [0, 0.05) is 0 Å². The molecular weight excluding hydrogens is 337 g/mol. The van der Waals surface area contributed by atoms with E-state index in [2.05, 4.69) is 20.2 Å². The second-order valence-corrected chi connectivity index (χ2v) is 6.20. The highest BCUT2D eigenvalue weighted by Gasteiger charge is 2.14. The summed E-state index contributed by atoms with van der Waals surface area (Å²) in [7, 11) is 0. The fourth-order valence-corrected chi connectivity index (χ4v) is 2.91. The van der Waals surface area contributed by atoms with Crippen molar-refractivity contribution in [2.75, 3.05) is 25.0 Å². The molecule has 0 atom stereocenters. The number of hydrogen-bond acceptors (Lipinski definition) is 4. The van der Waals surface area contributed by atoms with Crippen LogP contribution in [0.3, 0.4) is 0 Å². The van der Waals surface area contributed by atoms with Gasteiger partial charge in [0.1, 0.15) is 12.1 Å². The van der Waals surface area contributed by atoms with Gasteiger partial charge in [-0.1, -0.05) is 29.6 Å². The third kappa shape index (κ3) is 4.02. The number of nitrogens with zero attached hydrogens (tertiary/aromatic N) is 4. The van der Waals surface area contributed by atoms with Crippen molar-refractivity contribution >= 4 is 34.8 Å². The molecule has 3 rings (SSSR count). The number of pyridine rings is 1. The van der Waals surface area contributed by atoms with E-state index in [0.717, 1.165) is 25.9 Å². The van der Waals surface area contributed by atoms with Crippen LogP contribution in [-0.2, 0) is 4.79 Å². The van der Waals surface area contributed by atoms with Gasteiger partial charge in [0.2, 0.25) is 5.91 Å². The van der Waals surface area contributed by atoms with Gasteiger partial charge in [0.15, 0.2) is 10.3 Å². The first-order valence-corrected chi connectivity index (χ1v) is 8.26. The van der Waals surface area contributed by atoms with Gasteiger partial charge in [-0.25, -0.2) is 9.97 Å². The van der Waals surface area contributed by atoms with E-state index >= 15 is 0 Å². The lowest BCUT2D eigenvalue weighted by molar-refractivity contribution is -0.117. The van der Waals surface area contributed by atoms with Gasteiger partial charge in [-0.3, -0.25) is 14.3 Å². The monoisotopic (exact) mass is 353 g/mol. The third-order valence-electron chi connectivity index (χ3n) is 3.76. The van der Waals surface area contributed by atoms with E-state index in [1.165, 1.54) is 12.7 Å². The SMILES string of the molecule is O=C(CN1CCCCC1)Nc1ccc(-n2cnc(Cl)c2Cl)nc1. The zero-order chi connectivity index (χ0) is 16.2. The summed E-state index contributed by atoms with van der Waals surface area (Å²) in [6, 6.07) is 3.53. The maximum Gasteiger partial charge on any atom is 0.238 e. The molecule has 1 fully saturated rings. The van der Waals surface area contributed by atoms with Crippen molar-refractivity contribution < 1.29 is 4.79 Å². The largest absolute Gasteiger partial charge is 0.324 e. The van der Waals surface area contributed by atoms with E-state index in [4.69, 9.17) is 23.2 Å². The number of aromatic nitrogens is 3. The van der Waals surface area contributed by atoms with Crippen LogP contribution in [0, 0.1) is 0 Å². The van der Waals surface area contributed by atoms with Crippen molar-refractivity contribution in [2.45, 2.75) is 19.3 Å². The van der Waals surface area contributed by atoms with Crippen LogP contribution in [0.4, 0.5) is 5.69 Å². The second kappa shape index (κ2) is 7.29. The zero-order valence-electron chi connectivity index (χ0n) is 12.5. The Morgan fingerprint density at radius 2 is 1.96 bits per heavy atom. The highest BCUT2D eigenvalue weighted by molar-refractivity contribution is 6.40. The summed E-state index contributed by atoms with van der Waals surface area (Å²) in [6.45, 7) is 2.40. The van der Waals surface area contributed by atoms with Crippen LogP contribution in [0.15, 0.2) is 24.7 Å². The molecule has 2 aromatic heterocycles. The predicted molar refractivity (Wildman–Crippen MR) is 90.3 cm³/mol. The molecule has 1 N–H and O–H groups in total. The molecule has 6 nitrogen and oxygen atoms in total. The van der Waals surface area contributed by atoms with Crippen molar-refractivity contribution in [3.63, 3.8) is 0 Å². The van der Waals surface area contributed by atoms with Gasteiger partial charge in [-0.2, -0.15) is 0 Å². The van der Waals surface area contributed by atoms with E-state index in [1.54, 1.807) is 22.9 Å². The highest BCUT2D eigenvalue weighted by atomic mass is 35.5. The smallest absolute Gasteiger partial charge is 0.238 e. The Balaban J connectivity index is 1.61. The van der Waals surface area contributed by atoms with Crippen LogP contribution in [-0.4, -0.2) is 45.0 Å². The first-order valence-electron chi connectivity index (χ1n) is 7.50. The molecule has 23 heavy (non-hydrogen) atoms. The van der Waals surface area contributed by atoms with Gasteiger partial charge in [0.25, 0.3) is 0 Å². The normalized spacial score (nSPS) is 15.6. The Morgan fingerprint density at radius 1 is 1.17 bits per heavy atom. The Hall–Kier alpha value is -1.63. The molecule has 1 aliphatic rings. The number of carbonyl (C=O) groups excluding carboxylic acids is 1. The minimum Gasteiger partial charge on any atom is -0.324 e. The van der Waals surface area contributed by atoms with Crippen molar-refractivity contribution in [3.8, 4) is 5.82 Å². The summed E-state index contributed by atoms with van der Waals surface area (Å²) < 4.78 is 1.57. The van der Waals surface area contributed by atoms with E-state index in [9.17, 15) is 4.79 Å².